The first kappa shape index (κ1) is 11.3. The van der Waals surface area contributed by atoms with Crippen LogP contribution in [0, 0.1) is 0 Å². The molecule has 0 amide bonds. The van der Waals surface area contributed by atoms with Crippen LogP contribution in [0.5, 0.6) is 0 Å². The molecule has 0 aliphatic carbocycles. The molecule has 3 heterocycles. The molecule has 4 nitrogen and oxygen atoms in total. The number of hydrogen-bond donors (Lipinski definition) is 1. The van der Waals surface area contributed by atoms with Gasteiger partial charge in [0.15, 0.2) is 0 Å². The summed E-state index contributed by atoms with van der Waals surface area (Å²) in [5.74, 6) is 0. The zero-order valence-corrected chi connectivity index (χ0v) is 9.98. The SMILES string of the molecule is c1cc(CNC2CCOC3(CCOC3)C2)co1. The van der Waals surface area contributed by atoms with E-state index in [9.17, 15) is 0 Å². The predicted octanol–water partition coefficient (Wildman–Crippen LogP) is 1.71. The maximum absolute atomic E-state index is 5.91. The summed E-state index contributed by atoms with van der Waals surface area (Å²) >= 11 is 0. The Morgan fingerprint density at radius 1 is 1.41 bits per heavy atom. The maximum atomic E-state index is 5.91. The first-order chi connectivity index (χ1) is 8.36. The van der Waals surface area contributed by atoms with E-state index in [-0.39, 0.29) is 5.60 Å². The highest BCUT2D eigenvalue weighted by molar-refractivity contribution is 5.05. The van der Waals surface area contributed by atoms with E-state index in [1.165, 1.54) is 5.56 Å². The Balaban J connectivity index is 1.53. The first-order valence-electron chi connectivity index (χ1n) is 6.33. The van der Waals surface area contributed by atoms with E-state index in [1.54, 1.807) is 12.5 Å². The van der Waals surface area contributed by atoms with Crippen molar-refractivity contribution < 1.29 is 13.9 Å². The largest absolute Gasteiger partial charge is 0.472 e. The Labute approximate surface area is 101 Å². The van der Waals surface area contributed by atoms with Crippen molar-refractivity contribution in [2.45, 2.75) is 37.5 Å². The molecule has 1 aromatic heterocycles. The Bertz CT molecular complexity index is 344. The summed E-state index contributed by atoms with van der Waals surface area (Å²) in [5, 5.41) is 3.58. The van der Waals surface area contributed by atoms with Crippen molar-refractivity contribution in [3.8, 4) is 0 Å². The quantitative estimate of drug-likeness (QED) is 0.869. The molecule has 1 aromatic rings. The summed E-state index contributed by atoms with van der Waals surface area (Å²) in [6.07, 6.45) is 6.69. The molecule has 0 radical (unpaired) electrons. The average molecular weight is 237 g/mol. The summed E-state index contributed by atoms with van der Waals surface area (Å²) in [4.78, 5) is 0. The van der Waals surface area contributed by atoms with E-state index in [2.05, 4.69) is 5.32 Å². The monoisotopic (exact) mass is 237 g/mol. The lowest BCUT2D eigenvalue weighted by Crippen LogP contribution is -2.47. The van der Waals surface area contributed by atoms with Gasteiger partial charge >= 0.3 is 0 Å². The van der Waals surface area contributed by atoms with Crippen LogP contribution in [0.2, 0.25) is 0 Å². The molecule has 0 saturated carbocycles. The standard InChI is InChI=1S/C13H19NO3/c1-4-15-9-11(1)8-14-12-2-5-17-13(7-12)3-6-16-10-13/h1,4,9,12,14H,2-3,5-8,10H2. The fourth-order valence-corrected chi connectivity index (χ4v) is 2.72. The van der Waals surface area contributed by atoms with Crippen LogP contribution in [0.4, 0.5) is 0 Å². The molecule has 17 heavy (non-hydrogen) atoms. The number of nitrogens with one attached hydrogen (secondary N) is 1. The molecule has 2 aliphatic heterocycles. The summed E-state index contributed by atoms with van der Waals surface area (Å²) in [5.41, 5.74) is 1.19. The Hall–Kier alpha value is -0.840. The molecule has 2 fully saturated rings. The lowest BCUT2D eigenvalue weighted by atomic mass is 9.89. The maximum Gasteiger partial charge on any atom is 0.0951 e. The minimum absolute atomic E-state index is 0.00763. The van der Waals surface area contributed by atoms with Crippen molar-refractivity contribution in [2.75, 3.05) is 19.8 Å². The van der Waals surface area contributed by atoms with Gasteiger partial charge in [-0.25, -0.2) is 0 Å². The molecule has 94 valence electrons. The van der Waals surface area contributed by atoms with Gasteiger partial charge in [-0.05, 0) is 18.9 Å². The van der Waals surface area contributed by atoms with Gasteiger partial charge in [-0.1, -0.05) is 0 Å². The zero-order valence-electron chi connectivity index (χ0n) is 9.98. The van der Waals surface area contributed by atoms with Gasteiger partial charge in [0.1, 0.15) is 0 Å². The van der Waals surface area contributed by atoms with Gasteiger partial charge in [-0.2, -0.15) is 0 Å². The highest BCUT2D eigenvalue weighted by atomic mass is 16.6. The molecule has 2 atom stereocenters. The molecule has 1 spiro atoms. The van der Waals surface area contributed by atoms with Gasteiger partial charge in [0.25, 0.3) is 0 Å². The topological polar surface area (TPSA) is 43.6 Å². The van der Waals surface area contributed by atoms with Gasteiger partial charge in [-0.15, -0.1) is 0 Å². The third kappa shape index (κ3) is 2.54. The minimum atomic E-state index is -0.00763. The predicted molar refractivity (Wildman–Crippen MR) is 62.7 cm³/mol. The van der Waals surface area contributed by atoms with E-state index < -0.39 is 0 Å². The lowest BCUT2D eigenvalue weighted by molar-refractivity contribution is -0.0894. The smallest absolute Gasteiger partial charge is 0.0951 e. The fourth-order valence-electron chi connectivity index (χ4n) is 2.72. The number of rotatable bonds is 3. The fraction of sp³-hybridized carbons (Fsp3) is 0.692. The zero-order chi connectivity index (χ0) is 11.6. The van der Waals surface area contributed by atoms with Crippen molar-refractivity contribution in [1.82, 2.24) is 5.32 Å². The molecular weight excluding hydrogens is 218 g/mol. The number of hydrogen-bond acceptors (Lipinski definition) is 4. The molecule has 2 aliphatic rings. The summed E-state index contributed by atoms with van der Waals surface area (Å²) in [7, 11) is 0. The Morgan fingerprint density at radius 3 is 3.18 bits per heavy atom. The number of ether oxygens (including phenoxy) is 2. The van der Waals surface area contributed by atoms with Crippen LogP contribution in [-0.4, -0.2) is 31.5 Å². The second-order valence-electron chi connectivity index (χ2n) is 5.04. The molecular formula is C13H19NO3. The molecule has 0 aromatic carbocycles. The van der Waals surface area contributed by atoms with Gasteiger partial charge in [0, 0.05) is 37.8 Å². The summed E-state index contributed by atoms with van der Waals surface area (Å²) in [6.45, 7) is 3.32. The lowest BCUT2D eigenvalue weighted by Gasteiger charge is -2.37. The van der Waals surface area contributed by atoms with E-state index in [1.807, 2.05) is 6.07 Å². The molecule has 0 bridgehead atoms. The first-order valence-corrected chi connectivity index (χ1v) is 6.33. The second kappa shape index (κ2) is 4.80. The molecule has 1 N–H and O–H groups in total. The van der Waals surface area contributed by atoms with Crippen molar-refractivity contribution in [3.05, 3.63) is 24.2 Å². The van der Waals surface area contributed by atoms with Gasteiger partial charge in [0.2, 0.25) is 0 Å². The minimum Gasteiger partial charge on any atom is -0.472 e. The summed E-state index contributed by atoms with van der Waals surface area (Å²) in [6, 6.07) is 2.53. The van der Waals surface area contributed by atoms with E-state index in [4.69, 9.17) is 13.9 Å². The third-order valence-electron chi connectivity index (χ3n) is 3.74. The van der Waals surface area contributed by atoms with E-state index in [0.29, 0.717) is 6.04 Å². The van der Waals surface area contributed by atoms with Gasteiger partial charge in [-0.3, -0.25) is 0 Å². The average Bonchev–Trinajstić information content (AvgIpc) is 2.99. The normalized spacial score (nSPS) is 33.3. The summed E-state index contributed by atoms with van der Waals surface area (Å²) < 4.78 is 16.4. The van der Waals surface area contributed by atoms with E-state index >= 15 is 0 Å². The van der Waals surface area contributed by atoms with Crippen molar-refractivity contribution in [1.29, 1.82) is 0 Å². The van der Waals surface area contributed by atoms with Gasteiger partial charge in [0.05, 0.1) is 24.7 Å². The van der Waals surface area contributed by atoms with Crippen LogP contribution in [0.1, 0.15) is 24.8 Å². The Morgan fingerprint density at radius 2 is 2.41 bits per heavy atom. The van der Waals surface area contributed by atoms with E-state index in [0.717, 1.165) is 45.6 Å². The third-order valence-corrected chi connectivity index (χ3v) is 3.74. The van der Waals surface area contributed by atoms with Crippen LogP contribution in [-0.2, 0) is 16.0 Å². The van der Waals surface area contributed by atoms with Gasteiger partial charge < -0.3 is 19.2 Å². The van der Waals surface area contributed by atoms with Crippen LogP contribution >= 0.6 is 0 Å². The highest BCUT2D eigenvalue weighted by Gasteiger charge is 2.40. The Kier molecular flexibility index (Phi) is 3.18. The van der Waals surface area contributed by atoms with Crippen LogP contribution in [0.15, 0.2) is 23.0 Å². The molecule has 3 rings (SSSR count). The number of furan rings is 1. The molecule has 4 heteroatoms. The van der Waals surface area contributed by atoms with Crippen LogP contribution < -0.4 is 5.32 Å². The van der Waals surface area contributed by atoms with Crippen LogP contribution in [0.3, 0.4) is 0 Å². The molecule has 2 saturated heterocycles. The van der Waals surface area contributed by atoms with Crippen molar-refractivity contribution in [2.24, 2.45) is 0 Å². The molecule has 2 unspecified atom stereocenters. The van der Waals surface area contributed by atoms with Crippen molar-refractivity contribution in [3.63, 3.8) is 0 Å². The highest BCUT2D eigenvalue weighted by Crippen LogP contribution is 2.32. The second-order valence-corrected chi connectivity index (χ2v) is 5.04. The van der Waals surface area contributed by atoms with Crippen LogP contribution in [0.25, 0.3) is 0 Å². The van der Waals surface area contributed by atoms with Crippen molar-refractivity contribution >= 4 is 0 Å².